The van der Waals surface area contributed by atoms with Gasteiger partial charge in [0.05, 0.1) is 25.5 Å². The highest BCUT2D eigenvalue weighted by Crippen LogP contribution is 2.02. The van der Waals surface area contributed by atoms with Crippen LogP contribution in [-0.2, 0) is 36.8 Å². The van der Waals surface area contributed by atoms with Crippen LogP contribution >= 0.6 is 0 Å². The molecule has 0 aliphatic heterocycles. The summed E-state index contributed by atoms with van der Waals surface area (Å²) in [6.45, 7) is 6.68. The molecule has 0 atom stereocenters. The minimum atomic E-state index is -0.106. The highest BCUT2D eigenvalue weighted by atomic mass is 16.5. The molecule has 0 bridgehead atoms. The number of hydrogen-bond donors (Lipinski definition) is 2. The number of amides is 2. The minimum absolute atomic E-state index is 0.00895. The van der Waals surface area contributed by atoms with Gasteiger partial charge in [-0.1, -0.05) is 25.0 Å². The summed E-state index contributed by atoms with van der Waals surface area (Å²) in [4.78, 5) is 34.4. The van der Waals surface area contributed by atoms with Crippen molar-refractivity contribution in [1.82, 2.24) is 25.6 Å². The monoisotopic (exact) mass is 453 g/mol. The van der Waals surface area contributed by atoms with Crippen molar-refractivity contribution >= 4 is 17.6 Å². The van der Waals surface area contributed by atoms with E-state index in [0.29, 0.717) is 58.7 Å². The molecule has 1 rings (SSSR count). The van der Waals surface area contributed by atoms with Crippen molar-refractivity contribution in [3.8, 4) is 0 Å². The van der Waals surface area contributed by atoms with Crippen LogP contribution in [0, 0.1) is 0 Å². The SMILES string of the molecule is CCCCCNC(=O)COCCOCCNC(=O)CCCCn1cc(CCC(C)=O)nn1. The second kappa shape index (κ2) is 18.3. The predicted molar refractivity (Wildman–Crippen MR) is 120 cm³/mol. The van der Waals surface area contributed by atoms with Crippen LogP contribution in [0.25, 0.3) is 0 Å². The van der Waals surface area contributed by atoms with Gasteiger partial charge in [-0.25, -0.2) is 0 Å². The second-order valence-electron chi connectivity index (χ2n) is 7.70. The molecule has 0 aromatic carbocycles. The van der Waals surface area contributed by atoms with Crippen LogP contribution < -0.4 is 10.6 Å². The molecule has 2 N–H and O–H groups in total. The molecule has 1 aromatic heterocycles. The summed E-state index contributed by atoms with van der Waals surface area (Å²) < 4.78 is 12.4. The molecular formula is C22H39N5O5. The molecular weight excluding hydrogens is 414 g/mol. The zero-order valence-corrected chi connectivity index (χ0v) is 19.6. The van der Waals surface area contributed by atoms with Gasteiger partial charge in [-0.2, -0.15) is 0 Å². The molecule has 10 heteroatoms. The summed E-state index contributed by atoms with van der Waals surface area (Å²) in [5.41, 5.74) is 0.814. The van der Waals surface area contributed by atoms with Gasteiger partial charge in [-0.3, -0.25) is 14.3 Å². The fourth-order valence-electron chi connectivity index (χ4n) is 2.82. The second-order valence-corrected chi connectivity index (χ2v) is 7.70. The van der Waals surface area contributed by atoms with Gasteiger partial charge < -0.3 is 24.9 Å². The van der Waals surface area contributed by atoms with Gasteiger partial charge in [-0.15, -0.1) is 5.10 Å². The van der Waals surface area contributed by atoms with E-state index in [9.17, 15) is 14.4 Å². The number of aromatic nitrogens is 3. The first-order valence-electron chi connectivity index (χ1n) is 11.6. The van der Waals surface area contributed by atoms with Gasteiger partial charge in [-0.05, 0) is 32.6 Å². The first-order valence-corrected chi connectivity index (χ1v) is 11.6. The number of carbonyl (C=O) groups excluding carboxylic acids is 3. The van der Waals surface area contributed by atoms with Gasteiger partial charge in [0.25, 0.3) is 0 Å². The van der Waals surface area contributed by atoms with Crippen molar-refractivity contribution in [1.29, 1.82) is 0 Å². The number of hydrogen-bond acceptors (Lipinski definition) is 7. The maximum atomic E-state index is 11.8. The smallest absolute Gasteiger partial charge is 0.245 e. The van der Waals surface area contributed by atoms with Gasteiger partial charge >= 0.3 is 0 Å². The lowest BCUT2D eigenvalue weighted by atomic mass is 10.2. The number of ketones is 1. The standard InChI is InChI=1S/C22H39N5O5/c1-3-4-6-11-23-22(30)18-32-16-15-31-14-12-24-21(29)8-5-7-13-27-17-20(25-26-27)10-9-19(2)28/h17H,3-16,18H2,1-2H3,(H,23,30)(H,24,29). The summed E-state index contributed by atoms with van der Waals surface area (Å²) in [5, 5.41) is 13.7. The third-order valence-electron chi connectivity index (χ3n) is 4.64. The molecule has 1 aromatic rings. The zero-order chi connectivity index (χ0) is 23.4. The molecule has 0 saturated carbocycles. The Morgan fingerprint density at radius 2 is 1.72 bits per heavy atom. The topological polar surface area (TPSA) is 124 Å². The molecule has 0 fully saturated rings. The van der Waals surface area contributed by atoms with E-state index >= 15 is 0 Å². The van der Waals surface area contributed by atoms with Crippen LogP contribution in [0.3, 0.4) is 0 Å². The summed E-state index contributed by atoms with van der Waals surface area (Å²) in [6.07, 6.45) is 8.19. The molecule has 0 saturated heterocycles. The van der Waals surface area contributed by atoms with Crippen molar-refractivity contribution in [2.24, 2.45) is 0 Å². The Bertz CT molecular complexity index is 665. The summed E-state index contributed by atoms with van der Waals surface area (Å²) in [6, 6.07) is 0. The van der Waals surface area contributed by atoms with E-state index < -0.39 is 0 Å². The largest absolute Gasteiger partial charge is 0.377 e. The van der Waals surface area contributed by atoms with E-state index in [4.69, 9.17) is 9.47 Å². The number of nitrogens with one attached hydrogen (secondary N) is 2. The highest BCUT2D eigenvalue weighted by molar-refractivity contribution is 5.77. The maximum absolute atomic E-state index is 11.8. The van der Waals surface area contributed by atoms with Crippen molar-refractivity contribution in [2.45, 2.75) is 71.8 Å². The van der Waals surface area contributed by atoms with Crippen LogP contribution in [0.1, 0.15) is 64.5 Å². The fraction of sp³-hybridized carbons (Fsp3) is 0.773. The van der Waals surface area contributed by atoms with Crippen LogP contribution in [0.4, 0.5) is 0 Å². The van der Waals surface area contributed by atoms with Crippen molar-refractivity contribution in [2.75, 3.05) is 39.5 Å². The van der Waals surface area contributed by atoms with Gasteiger partial charge in [0, 0.05) is 38.7 Å². The Labute approximate surface area is 190 Å². The number of rotatable bonds is 20. The van der Waals surface area contributed by atoms with Gasteiger partial charge in [0.1, 0.15) is 12.4 Å². The number of Topliss-reactive ketones (excluding diaryl/α,β-unsaturated/α-hetero) is 1. The number of carbonyl (C=O) groups is 3. The quantitative estimate of drug-likeness (QED) is 0.286. The fourth-order valence-corrected chi connectivity index (χ4v) is 2.82. The normalized spacial score (nSPS) is 10.8. The first-order chi connectivity index (χ1) is 15.5. The van der Waals surface area contributed by atoms with Crippen LogP contribution in [0.5, 0.6) is 0 Å². The minimum Gasteiger partial charge on any atom is -0.377 e. The van der Waals surface area contributed by atoms with Crippen molar-refractivity contribution in [3.05, 3.63) is 11.9 Å². The summed E-state index contributed by atoms with van der Waals surface area (Å²) >= 11 is 0. The van der Waals surface area contributed by atoms with Crippen molar-refractivity contribution < 1.29 is 23.9 Å². The molecule has 0 aliphatic carbocycles. The molecule has 2 amide bonds. The average molecular weight is 454 g/mol. The average Bonchev–Trinajstić information content (AvgIpc) is 3.22. The number of unbranched alkanes of at least 4 members (excludes halogenated alkanes) is 3. The van der Waals surface area contributed by atoms with E-state index in [1.54, 1.807) is 11.6 Å². The molecule has 0 aliphatic rings. The summed E-state index contributed by atoms with van der Waals surface area (Å²) in [7, 11) is 0. The molecule has 32 heavy (non-hydrogen) atoms. The molecule has 10 nitrogen and oxygen atoms in total. The third-order valence-corrected chi connectivity index (χ3v) is 4.64. The third kappa shape index (κ3) is 15.5. The van der Waals surface area contributed by atoms with Crippen LogP contribution in [0.15, 0.2) is 6.20 Å². The zero-order valence-electron chi connectivity index (χ0n) is 19.6. The lowest BCUT2D eigenvalue weighted by Crippen LogP contribution is -2.29. The van der Waals surface area contributed by atoms with Crippen LogP contribution in [-0.4, -0.2) is 72.1 Å². The molecule has 182 valence electrons. The predicted octanol–water partition coefficient (Wildman–Crippen LogP) is 1.43. The van der Waals surface area contributed by atoms with Gasteiger partial charge in [0.2, 0.25) is 11.8 Å². The highest BCUT2D eigenvalue weighted by Gasteiger charge is 2.05. The van der Waals surface area contributed by atoms with E-state index in [1.165, 1.54) is 0 Å². The Morgan fingerprint density at radius 3 is 2.50 bits per heavy atom. The molecule has 0 spiro atoms. The lowest BCUT2D eigenvalue weighted by Gasteiger charge is -2.08. The lowest BCUT2D eigenvalue weighted by molar-refractivity contribution is -0.126. The number of nitrogens with zero attached hydrogens (tertiary/aromatic N) is 3. The van der Waals surface area contributed by atoms with Gasteiger partial charge in [0.15, 0.2) is 0 Å². The van der Waals surface area contributed by atoms with E-state index in [2.05, 4.69) is 27.9 Å². The molecule has 0 radical (unpaired) electrons. The molecule has 0 unspecified atom stereocenters. The summed E-state index contributed by atoms with van der Waals surface area (Å²) in [5.74, 6) is 0.0257. The van der Waals surface area contributed by atoms with E-state index in [0.717, 1.165) is 37.8 Å². The Kier molecular flexibility index (Phi) is 15.8. The van der Waals surface area contributed by atoms with E-state index in [1.807, 2.05) is 6.20 Å². The Balaban J connectivity index is 1.90. The maximum Gasteiger partial charge on any atom is 0.245 e. The Hall–Kier alpha value is -2.33. The molecule has 1 heterocycles. The van der Waals surface area contributed by atoms with Crippen LogP contribution in [0.2, 0.25) is 0 Å². The number of ether oxygens (including phenoxy) is 2. The first kappa shape index (κ1) is 27.7. The van der Waals surface area contributed by atoms with E-state index in [-0.39, 0.29) is 24.2 Å². The Morgan fingerprint density at radius 1 is 0.938 bits per heavy atom. The number of aryl methyl sites for hydroxylation is 2. The van der Waals surface area contributed by atoms with Crippen molar-refractivity contribution in [3.63, 3.8) is 0 Å².